The monoisotopic (exact) mass is 202 g/mol. The van der Waals surface area contributed by atoms with Crippen LogP contribution in [-0.4, -0.2) is 16.9 Å². The summed E-state index contributed by atoms with van der Waals surface area (Å²) >= 11 is 5.90. The molecule has 74 valence electrons. The van der Waals surface area contributed by atoms with Gasteiger partial charge in [-0.15, -0.1) is 0 Å². The number of nitrogens with zero attached hydrogens (tertiary/aromatic N) is 2. The second-order valence-electron chi connectivity index (χ2n) is 4.05. The van der Waals surface area contributed by atoms with Crippen molar-refractivity contribution in [3.63, 3.8) is 0 Å². The lowest BCUT2D eigenvalue weighted by Crippen LogP contribution is -2.17. The quantitative estimate of drug-likeness (QED) is 0.699. The maximum absolute atomic E-state index is 5.90. The minimum atomic E-state index is -0.0137. The molecule has 0 saturated carbocycles. The number of rotatable bonds is 1. The summed E-state index contributed by atoms with van der Waals surface area (Å²) in [5.41, 5.74) is 1.00. The molecule has 0 atom stereocenters. The van der Waals surface area contributed by atoms with Crippen LogP contribution in [-0.2, 0) is 12.5 Å². The smallest absolute Gasteiger partial charge is 0.193 e. The normalized spacial score (nSPS) is 11.8. The molecule has 0 aromatic carbocycles. The van der Waals surface area contributed by atoms with Crippen molar-refractivity contribution in [2.24, 2.45) is 7.05 Å². The number of halogens is 1. The van der Waals surface area contributed by atoms with E-state index in [9.17, 15) is 0 Å². The Morgan fingerprint density at radius 2 is 1.92 bits per heavy atom. The van der Waals surface area contributed by atoms with E-state index in [1.165, 1.54) is 0 Å². The van der Waals surface area contributed by atoms with Crippen LogP contribution in [0.25, 0.3) is 0 Å². The lowest BCUT2D eigenvalue weighted by atomic mass is 9.91. The van der Waals surface area contributed by atoms with E-state index in [-0.39, 0.29) is 5.41 Å². The van der Waals surface area contributed by atoms with E-state index in [0.29, 0.717) is 10.9 Å². The molecule has 1 aromatic heterocycles. The minimum Gasteiger partial charge on any atom is -0.492 e. The number of hydrogen-bond acceptors (Lipinski definition) is 2. The third-order valence-corrected chi connectivity index (χ3v) is 2.13. The zero-order chi connectivity index (χ0) is 10.2. The summed E-state index contributed by atoms with van der Waals surface area (Å²) in [5, 5.41) is 4.53. The summed E-state index contributed by atoms with van der Waals surface area (Å²) in [4.78, 5) is 0. The first-order chi connectivity index (χ1) is 5.88. The van der Waals surface area contributed by atoms with Crippen molar-refractivity contribution in [1.82, 2.24) is 9.78 Å². The summed E-state index contributed by atoms with van der Waals surface area (Å²) in [6.07, 6.45) is 0. The van der Waals surface area contributed by atoms with E-state index >= 15 is 0 Å². The number of hydrogen-bond donors (Lipinski definition) is 0. The van der Waals surface area contributed by atoms with Gasteiger partial charge in [0.1, 0.15) is 0 Å². The predicted octanol–water partition coefficient (Wildman–Crippen LogP) is 2.38. The molecule has 1 rings (SSSR count). The van der Waals surface area contributed by atoms with Gasteiger partial charge in [0, 0.05) is 12.5 Å². The number of ether oxygens (including phenoxy) is 1. The molecule has 0 unspecified atom stereocenters. The average molecular weight is 203 g/mol. The van der Waals surface area contributed by atoms with Crippen LogP contribution in [0.4, 0.5) is 0 Å². The van der Waals surface area contributed by atoms with Gasteiger partial charge >= 0.3 is 0 Å². The summed E-state index contributed by atoms with van der Waals surface area (Å²) < 4.78 is 6.97. The maximum atomic E-state index is 5.90. The van der Waals surface area contributed by atoms with Crippen molar-refractivity contribution in [2.45, 2.75) is 26.2 Å². The van der Waals surface area contributed by atoms with Gasteiger partial charge in [0.15, 0.2) is 10.9 Å². The topological polar surface area (TPSA) is 27.1 Å². The molecule has 13 heavy (non-hydrogen) atoms. The third kappa shape index (κ3) is 1.80. The summed E-state index contributed by atoms with van der Waals surface area (Å²) in [5.74, 6) is 0.677. The van der Waals surface area contributed by atoms with Crippen molar-refractivity contribution in [2.75, 3.05) is 7.11 Å². The van der Waals surface area contributed by atoms with E-state index in [2.05, 4.69) is 25.9 Å². The van der Waals surface area contributed by atoms with Crippen molar-refractivity contribution in [1.29, 1.82) is 0 Å². The molecule has 0 fully saturated rings. The first-order valence-corrected chi connectivity index (χ1v) is 4.52. The molecule has 0 bridgehead atoms. The summed E-state index contributed by atoms with van der Waals surface area (Å²) in [7, 11) is 3.48. The Labute approximate surface area is 83.6 Å². The maximum Gasteiger partial charge on any atom is 0.193 e. The van der Waals surface area contributed by atoms with Crippen molar-refractivity contribution < 1.29 is 4.74 Å². The lowest BCUT2D eigenvalue weighted by molar-refractivity contribution is 0.392. The van der Waals surface area contributed by atoms with Crippen LogP contribution in [0.3, 0.4) is 0 Å². The van der Waals surface area contributed by atoms with E-state index in [1.807, 2.05) is 7.05 Å². The van der Waals surface area contributed by atoms with Crippen LogP contribution in [0, 0.1) is 0 Å². The molecule has 0 spiro atoms. The van der Waals surface area contributed by atoms with E-state index in [1.54, 1.807) is 11.8 Å². The Hall–Kier alpha value is -0.700. The molecule has 1 heterocycles. The van der Waals surface area contributed by atoms with Crippen LogP contribution in [0.2, 0.25) is 5.15 Å². The van der Waals surface area contributed by atoms with E-state index < -0.39 is 0 Å². The molecule has 4 heteroatoms. The molecule has 3 nitrogen and oxygen atoms in total. The van der Waals surface area contributed by atoms with Gasteiger partial charge in [-0.3, -0.25) is 4.68 Å². The van der Waals surface area contributed by atoms with Crippen LogP contribution >= 0.6 is 11.6 Å². The molecule has 0 amide bonds. The highest BCUT2D eigenvalue weighted by molar-refractivity contribution is 6.31. The Bertz CT molecular complexity index is 312. The van der Waals surface area contributed by atoms with E-state index in [4.69, 9.17) is 16.3 Å². The molecular formula is C9H15ClN2O. The standard InChI is InChI=1S/C9H15ClN2O/c1-9(2,3)7-6(13-5)8(10)11-12(7)4/h1-5H3. The minimum absolute atomic E-state index is 0.0137. The van der Waals surface area contributed by atoms with Gasteiger partial charge in [-0.05, 0) is 0 Å². The fourth-order valence-electron chi connectivity index (χ4n) is 1.48. The largest absolute Gasteiger partial charge is 0.492 e. The van der Waals surface area contributed by atoms with Gasteiger partial charge in [-0.1, -0.05) is 32.4 Å². The molecule has 0 saturated heterocycles. The molecule has 0 N–H and O–H groups in total. The van der Waals surface area contributed by atoms with E-state index in [0.717, 1.165) is 5.69 Å². The SMILES string of the molecule is COc1c(Cl)nn(C)c1C(C)(C)C. The second-order valence-corrected chi connectivity index (χ2v) is 4.40. The van der Waals surface area contributed by atoms with Gasteiger partial charge in [0.25, 0.3) is 0 Å². The van der Waals surface area contributed by atoms with Crippen molar-refractivity contribution in [3.05, 3.63) is 10.8 Å². The highest BCUT2D eigenvalue weighted by atomic mass is 35.5. The highest BCUT2D eigenvalue weighted by Crippen LogP contribution is 2.35. The zero-order valence-corrected chi connectivity index (χ0v) is 9.44. The molecule has 0 aliphatic rings. The van der Waals surface area contributed by atoms with Crippen molar-refractivity contribution >= 4 is 11.6 Å². The summed E-state index contributed by atoms with van der Waals surface area (Å²) in [6, 6.07) is 0. The molecule has 0 aliphatic carbocycles. The van der Waals surface area contributed by atoms with Gasteiger partial charge in [-0.25, -0.2) is 0 Å². The molecular weight excluding hydrogens is 188 g/mol. The van der Waals surface area contributed by atoms with Crippen LogP contribution in [0.15, 0.2) is 0 Å². The number of aryl methyl sites for hydroxylation is 1. The Morgan fingerprint density at radius 1 is 1.38 bits per heavy atom. The first-order valence-electron chi connectivity index (χ1n) is 4.15. The fraction of sp³-hybridized carbons (Fsp3) is 0.667. The Kier molecular flexibility index (Phi) is 2.57. The third-order valence-electron chi connectivity index (χ3n) is 1.88. The fourth-order valence-corrected chi connectivity index (χ4v) is 1.76. The van der Waals surface area contributed by atoms with Gasteiger partial charge in [0.05, 0.1) is 12.8 Å². The molecule has 1 aromatic rings. The van der Waals surface area contributed by atoms with Crippen LogP contribution < -0.4 is 4.74 Å². The summed E-state index contributed by atoms with van der Waals surface area (Å²) in [6.45, 7) is 6.30. The Morgan fingerprint density at radius 3 is 2.23 bits per heavy atom. The van der Waals surface area contributed by atoms with Crippen LogP contribution in [0.5, 0.6) is 5.75 Å². The average Bonchev–Trinajstić information content (AvgIpc) is 2.23. The van der Waals surface area contributed by atoms with Crippen LogP contribution in [0.1, 0.15) is 26.5 Å². The van der Waals surface area contributed by atoms with Gasteiger partial charge in [0.2, 0.25) is 0 Å². The van der Waals surface area contributed by atoms with Crippen molar-refractivity contribution in [3.8, 4) is 5.75 Å². The Balaban J connectivity index is 3.34. The number of methoxy groups -OCH3 is 1. The van der Waals surface area contributed by atoms with Gasteiger partial charge < -0.3 is 4.74 Å². The highest BCUT2D eigenvalue weighted by Gasteiger charge is 2.26. The molecule has 0 aliphatic heterocycles. The second kappa shape index (κ2) is 3.22. The van der Waals surface area contributed by atoms with Gasteiger partial charge in [-0.2, -0.15) is 5.10 Å². The number of aromatic nitrogens is 2. The lowest BCUT2D eigenvalue weighted by Gasteiger charge is -2.19. The zero-order valence-electron chi connectivity index (χ0n) is 8.68. The first kappa shape index (κ1) is 10.4. The predicted molar refractivity (Wildman–Crippen MR) is 53.5 cm³/mol. The molecule has 0 radical (unpaired) electrons.